The normalized spacial score (nSPS) is 10.6. The van der Waals surface area contributed by atoms with E-state index in [-0.39, 0.29) is 23.1 Å². The van der Waals surface area contributed by atoms with Crippen LogP contribution in [0.2, 0.25) is 0 Å². The molecule has 76 valence electrons. The van der Waals surface area contributed by atoms with Crippen LogP contribution in [0.4, 0.5) is 4.39 Å². The minimum atomic E-state index is -0.377. The number of halogens is 1. The van der Waals surface area contributed by atoms with Gasteiger partial charge in [0.15, 0.2) is 5.78 Å². The molecule has 0 saturated heterocycles. The van der Waals surface area contributed by atoms with Crippen LogP contribution in [0, 0.1) is 18.7 Å². The van der Waals surface area contributed by atoms with Crippen LogP contribution in [-0.4, -0.2) is 5.78 Å². The summed E-state index contributed by atoms with van der Waals surface area (Å²) in [6, 6.07) is 4.93. The molecule has 14 heavy (non-hydrogen) atoms. The summed E-state index contributed by atoms with van der Waals surface area (Å²) in [4.78, 5) is 11.6. The van der Waals surface area contributed by atoms with E-state index in [4.69, 9.17) is 0 Å². The highest BCUT2D eigenvalue weighted by Crippen LogP contribution is 2.15. The van der Waals surface area contributed by atoms with Crippen LogP contribution in [0.5, 0.6) is 0 Å². The quantitative estimate of drug-likeness (QED) is 0.674. The Morgan fingerprint density at radius 2 is 2.07 bits per heavy atom. The average Bonchev–Trinajstić information content (AvgIpc) is 2.08. The molecular formula is C12H15FO. The smallest absolute Gasteiger partial charge is 0.166 e. The molecule has 1 rings (SSSR count). The Bertz CT molecular complexity index is 342. The number of benzene rings is 1. The number of carbonyl (C=O) groups excluding carboxylic acids is 1. The molecule has 1 aromatic carbocycles. The summed E-state index contributed by atoms with van der Waals surface area (Å²) in [5, 5.41) is 0. The van der Waals surface area contributed by atoms with Crippen molar-refractivity contribution in [2.45, 2.75) is 27.2 Å². The lowest BCUT2D eigenvalue weighted by atomic mass is 9.99. The highest BCUT2D eigenvalue weighted by atomic mass is 19.1. The number of carbonyl (C=O) groups is 1. The number of hydrogen-bond donors (Lipinski definition) is 0. The number of aryl methyl sites for hydroxylation is 1. The molecule has 0 radical (unpaired) electrons. The molecule has 0 aromatic heterocycles. The second kappa shape index (κ2) is 4.36. The molecule has 0 N–H and O–H groups in total. The molecule has 2 heteroatoms. The lowest BCUT2D eigenvalue weighted by Gasteiger charge is -2.06. The van der Waals surface area contributed by atoms with Crippen LogP contribution in [0.1, 0.15) is 36.2 Å². The fourth-order valence-electron chi connectivity index (χ4n) is 1.34. The first-order valence-electron chi connectivity index (χ1n) is 4.80. The molecule has 0 amide bonds. The van der Waals surface area contributed by atoms with Crippen LogP contribution >= 0.6 is 0 Å². The molecule has 0 aliphatic rings. The third-order valence-electron chi connectivity index (χ3n) is 2.09. The van der Waals surface area contributed by atoms with Gasteiger partial charge in [-0.15, -0.1) is 0 Å². The molecule has 0 aliphatic carbocycles. The fourth-order valence-corrected chi connectivity index (χ4v) is 1.34. The van der Waals surface area contributed by atoms with Crippen molar-refractivity contribution in [1.29, 1.82) is 0 Å². The predicted octanol–water partition coefficient (Wildman–Crippen LogP) is 3.36. The van der Waals surface area contributed by atoms with Gasteiger partial charge < -0.3 is 0 Å². The Morgan fingerprint density at radius 1 is 1.43 bits per heavy atom. The summed E-state index contributed by atoms with van der Waals surface area (Å²) in [5.74, 6) is -0.221. The second-order valence-corrected chi connectivity index (χ2v) is 3.96. The summed E-state index contributed by atoms with van der Waals surface area (Å²) in [6.45, 7) is 5.57. The van der Waals surface area contributed by atoms with E-state index >= 15 is 0 Å². The number of Topliss-reactive ketones (excluding diaryl/α,β-unsaturated/α-hetero) is 1. The van der Waals surface area contributed by atoms with Gasteiger partial charge in [0.2, 0.25) is 0 Å². The van der Waals surface area contributed by atoms with E-state index in [0.717, 1.165) is 0 Å². The minimum absolute atomic E-state index is 0.110. The van der Waals surface area contributed by atoms with Crippen LogP contribution < -0.4 is 0 Å². The van der Waals surface area contributed by atoms with E-state index in [1.54, 1.807) is 25.1 Å². The van der Waals surface area contributed by atoms with Gasteiger partial charge in [-0.1, -0.05) is 26.0 Å². The first kappa shape index (κ1) is 10.9. The van der Waals surface area contributed by atoms with Crippen molar-refractivity contribution < 1.29 is 9.18 Å². The molecule has 1 nitrogen and oxygen atoms in total. The monoisotopic (exact) mass is 194 g/mol. The minimum Gasteiger partial charge on any atom is -0.294 e. The van der Waals surface area contributed by atoms with Crippen LogP contribution in [-0.2, 0) is 0 Å². The van der Waals surface area contributed by atoms with Crippen LogP contribution in [0.3, 0.4) is 0 Å². The zero-order valence-electron chi connectivity index (χ0n) is 8.80. The highest BCUT2D eigenvalue weighted by molar-refractivity contribution is 5.96. The maximum atomic E-state index is 13.5. The van der Waals surface area contributed by atoms with E-state index in [9.17, 15) is 9.18 Å². The Labute approximate surface area is 83.9 Å². The van der Waals surface area contributed by atoms with Gasteiger partial charge in [0.1, 0.15) is 5.82 Å². The summed E-state index contributed by atoms with van der Waals surface area (Å²) in [6.07, 6.45) is 0.403. The number of ketones is 1. The van der Waals surface area contributed by atoms with Crippen molar-refractivity contribution in [3.63, 3.8) is 0 Å². The van der Waals surface area contributed by atoms with Gasteiger partial charge in [-0.05, 0) is 24.5 Å². The maximum Gasteiger partial charge on any atom is 0.166 e. The Morgan fingerprint density at radius 3 is 2.64 bits per heavy atom. The van der Waals surface area contributed by atoms with Gasteiger partial charge in [-0.3, -0.25) is 4.79 Å². The molecule has 0 heterocycles. The van der Waals surface area contributed by atoms with E-state index in [1.165, 1.54) is 0 Å². The fraction of sp³-hybridized carbons (Fsp3) is 0.417. The zero-order chi connectivity index (χ0) is 10.7. The van der Waals surface area contributed by atoms with Crippen molar-refractivity contribution in [2.24, 2.45) is 5.92 Å². The topological polar surface area (TPSA) is 17.1 Å². The van der Waals surface area contributed by atoms with Gasteiger partial charge >= 0.3 is 0 Å². The SMILES string of the molecule is Cc1cccc(C(=O)CC(C)C)c1F. The average molecular weight is 194 g/mol. The molecule has 0 bridgehead atoms. The first-order chi connectivity index (χ1) is 6.52. The van der Waals surface area contributed by atoms with Gasteiger partial charge in [0, 0.05) is 6.42 Å². The third-order valence-corrected chi connectivity index (χ3v) is 2.09. The lowest BCUT2D eigenvalue weighted by molar-refractivity contribution is 0.0963. The molecular weight excluding hydrogens is 179 g/mol. The molecule has 0 saturated carbocycles. The van der Waals surface area contributed by atoms with E-state index in [2.05, 4.69) is 0 Å². The van der Waals surface area contributed by atoms with Crippen molar-refractivity contribution in [3.8, 4) is 0 Å². The lowest BCUT2D eigenvalue weighted by Crippen LogP contribution is -2.06. The molecule has 0 spiro atoms. The second-order valence-electron chi connectivity index (χ2n) is 3.96. The Kier molecular flexibility index (Phi) is 3.39. The first-order valence-corrected chi connectivity index (χ1v) is 4.80. The van der Waals surface area contributed by atoms with Crippen molar-refractivity contribution in [2.75, 3.05) is 0 Å². The Balaban J connectivity index is 2.96. The third kappa shape index (κ3) is 2.41. The van der Waals surface area contributed by atoms with E-state index < -0.39 is 0 Å². The van der Waals surface area contributed by atoms with Crippen molar-refractivity contribution in [1.82, 2.24) is 0 Å². The Hall–Kier alpha value is -1.18. The molecule has 0 unspecified atom stereocenters. The van der Waals surface area contributed by atoms with E-state index in [0.29, 0.717) is 12.0 Å². The summed E-state index contributed by atoms with van der Waals surface area (Å²) < 4.78 is 13.5. The van der Waals surface area contributed by atoms with Crippen molar-refractivity contribution in [3.05, 3.63) is 35.1 Å². The van der Waals surface area contributed by atoms with Crippen LogP contribution in [0.25, 0.3) is 0 Å². The number of rotatable bonds is 3. The summed E-state index contributed by atoms with van der Waals surface area (Å²) in [5.41, 5.74) is 0.748. The summed E-state index contributed by atoms with van der Waals surface area (Å²) in [7, 11) is 0. The maximum absolute atomic E-state index is 13.5. The zero-order valence-corrected chi connectivity index (χ0v) is 8.80. The van der Waals surface area contributed by atoms with Crippen molar-refractivity contribution >= 4 is 5.78 Å². The molecule has 0 atom stereocenters. The standard InChI is InChI=1S/C12H15FO/c1-8(2)7-11(14)10-6-4-5-9(3)12(10)13/h4-6,8H,7H2,1-3H3. The van der Waals surface area contributed by atoms with Gasteiger partial charge in [-0.2, -0.15) is 0 Å². The highest BCUT2D eigenvalue weighted by Gasteiger charge is 2.13. The molecule has 0 fully saturated rings. The van der Waals surface area contributed by atoms with E-state index in [1.807, 2.05) is 13.8 Å². The van der Waals surface area contributed by atoms with Gasteiger partial charge in [0.05, 0.1) is 5.56 Å². The number of hydrogen-bond acceptors (Lipinski definition) is 1. The van der Waals surface area contributed by atoms with Crippen LogP contribution in [0.15, 0.2) is 18.2 Å². The largest absolute Gasteiger partial charge is 0.294 e. The molecule has 1 aromatic rings. The predicted molar refractivity (Wildman–Crippen MR) is 54.9 cm³/mol. The van der Waals surface area contributed by atoms with Gasteiger partial charge in [0.25, 0.3) is 0 Å². The molecule has 0 aliphatic heterocycles. The summed E-state index contributed by atoms with van der Waals surface area (Å²) >= 11 is 0. The van der Waals surface area contributed by atoms with Gasteiger partial charge in [-0.25, -0.2) is 4.39 Å².